The van der Waals surface area contributed by atoms with Gasteiger partial charge in [-0.1, -0.05) is 66.4 Å². The summed E-state index contributed by atoms with van der Waals surface area (Å²) in [4.78, 5) is 30.0. The second-order valence-corrected chi connectivity index (χ2v) is 9.90. The molecule has 3 N–H and O–H groups in total. The Bertz CT molecular complexity index is 1530. The normalized spacial score (nSPS) is 14.3. The molecule has 0 saturated carbocycles. The molecule has 0 spiro atoms. The Morgan fingerprint density at radius 2 is 1.72 bits per heavy atom. The van der Waals surface area contributed by atoms with Crippen molar-refractivity contribution in [1.82, 2.24) is 14.8 Å². The lowest BCUT2D eigenvalue weighted by molar-refractivity contribution is -0.114. The predicted octanol–water partition coefficient (Wildman–Crippen LogP) is 5.47. The molecule has 0 radical (unpaired) electrons. The maximum Gasteiger partial charge on any atom is 0.255 e. The summed E-state index contributed by atoms with van der Waals surface area (Å²) in [6, 6.07) is 24.2. The van der Waals surface area contributed by atoms with Gasteiger partial charge in [-0.3, -0.25) is 9.59 Å². The highest BCUT2D eigenvalue weighted by Gasteiger charge is 2.34. The lowest BCUT2D eigenvalue weighted by Gasteiger charge is -2.29. The fourth-order valence-electron chi connectivity index (χ4n) is 4.41. The van der Waals surface area contributed by atoms with Crippen LogP contribution in [0.2, 0.25) is 0 Å². The minimum absolute atomic E-state index is 0.157. The van der Waals surface area contributed by atoms with Crippen molar-refractivity contribution >= 4 is 40.9 Å². The zero-order chi connectivity index (χ0) is 27.4. The Morgan fingerprint density at radius 3 is 2.44 bits per heavy atom. The first-order chi connectivity index (χ1) is 18.9. The molecule has 5 rings (SSSR count). The maximum absolute atomic E-state index is 13.8. The Kier molecular flexibility index (Phi) is 7.64. The third kappa shape index (κ3) is 5.80. The molecule has 9 nitrogen and oxygen atoms in total. The van der Waals surface area contributed by atoms with Gasteiger partial charge in [-0.05, 0) is 42.3 Å². The SMILES string of the molecule is COc1ccccc1NC(=O)C1=C(C)Nc2nc(SCc3ccccc3)nn2C1c1ccc(NC(C)=O)cc1. The first-order valence-corrected chi connectivity index (χ1v) is 13.3. The summed E-state index contributed by atoms with van der Waals surface area (Å²) in [5.41, 5.74) is 4.37. The van der Waals surface area contributed by atoms with Gasteiger partial charge in [0.05, 0.1) is 18.4 Å². The number of methoxy groups -OCH3 is 1. The number of carbonyl (C=O) groups is 2. The summed E-state index contributed by atoms with van der Waals surface area (Å²) >= 11 is 1.53. The number of para-hydroxylation sites is 2. The smallest absolute Gasteiger partial charge is 0.255 e. The van der Waals surface area contributed by atoms with Gasteiger partial charge in [0.2, 0.25) is 17.0 Å². The van der Waals surface area contributed by atoms with Crippen LogP contribution < -0.4 is 20.7 Å². The molecule has 1 aliphatic rings. The molecule has 1 aliphatic heterocycles. The number of amides is 2. The molecule has 1 unspecified atom stereocenters. The largest absolute Gasteiger partial charge is 0.495 e. The molecule has 0 fully saturated rings. The van der Waals surface area contributed by atoms with E-state index in [1.54, 1.807) is 23.9 Å². The number of rotatable bonds is 8. The molecule has 198 valence electrons. The molecule has 3 aromatic carbocycles. The quantitative estimate of drug-likeness (QED) is 0.254. The van der Waals surface area contributed by atoms with Crippen molar-refractivity contribution in [2.24, 2.45) is 0 Å². The van der Waals surface area contributed by atoms with Crippen molar-refractivity contribution in [2.45, 2.75) is 30.8 Å². The Morgan fingerprint density at radius 1 is 1.00 bits per heavy atom. The number of ether oxygens (including phenoxy) is 1. The topological polar surface area (TPSA) is 110 Å². The average Bonchev–Trinajstić information content (AvgIpc) is 3.34. The number of hydrogen-bond donors (Lipinski definition) is 3. The van der Waals surface area contributed by atoms with Crippen molar-refractivity contribution in [2.75, 3.05) is 23.1 Å². The maximum atomic E-state index is 13.8. The number of nitrogens with zero attached hydrogens (tertiary/aromatic N) is 3. The fraction of sp³-hybridized carbons (Fsp3) is 0.172. The van der Waals surface area contributed by atoms with Gasteiger partial charge in [0.1, 0.15) is 11.8 Å². The first kappa shape index (κ1) is 26.1. The summed E-state index contributed by atoms with van der Waals surface area (Å²) < 4.78 is 7.17. The first-order valence-electron chi connectivity index (χ1n) is 12.4. The number of nitrogens with one attached hydrogen (secondary N) is 3. The molecule has 2 amide bonds. The average molecular weight is 541 g/mol. The van der Waals surface area contributed by atoms with E-state index >= 15 is 0 Å². The second-order valence-electron chi connectivity index (χ2n) is 8.96. The zero-order valence-corrected chi connectivity index (χ0v) is 22.6. The van der Waals surface area contributed by atoms with E-state index in [-0.39, 0.29) is 11.8 Å². The molecule has 0 aliphatic carbocycles. The number of fused-ring (bicyclic) bond motifs is 1. The van der Waals surface area contributed by atoms with Gasteiger partial charge in [0, 0.05) is 24.1 Å². The number of thioether (sulfide) groups is 1. The van der Waals surface area contributed by atoms with E-state index in [1.165, 1.54) is 24.2 Å². The van der Waals surface area contributed by atoms with Gasteiger partial charge in [-0.15, -0.1) is 5.10 Å². The molecule has 2 heterocycles. The lowest BCUT2D eigenvalue weighted by Crippen LogP contribution is -2.31. The fourth-order valence-corrected chi connectivity index (χ4v) is 5.19. The van der Waals surface area contributed by atoms with Crippen LogP contribution in [0.3, 0.4) is 0 Å². The molecule has 39 heavy (non-hydrogen) atoms. The van der Waals surface area contributed by atoms with Gasteiger partial charge in [0.15, 0.2) is 0 Å². The van der Waals surface area contributed by atoms with E-state index < -0.39 is 6.04 Å². The van der Waals surface area contributed by atoms with Gasteiger partial charge in [-0.2, -0.15) is 4.98 Å². The minimum atomic E-state index is -0.555. The Balaban J connectivity index is 1.50. The number of anilines is 3. The van der Waals surface area contributed by atoms with Crippen molar-refractivity contribution in [3.05, 3.63) is 101 Å². The van der Waals surface area contributed by atoms with E-state index in [2.05, 4.69) is 28.1 Å². The number of benzene rings is 3. The molecule has 4 aromatic rings. The van der Waals surface area contributed by atoms with E-state index in [4.69, 9.17) is 14.8 Å². The molecular formula is C29H28N6O3S. The summed E-state index contributed by atoms with van der Waals surface area (Å²) in [6.45, 7) is 3.31. The molecule has 10 heteroatoms. The monoisotopic (exact) mass is 540 g/mol. The van der Waals surface area contributed by atoms with Crippen LogP contribution in [-0.4, -0.2) is 33.7 Å². The van der Waals surface area contributed by atoms with Crippen LogP contribution in [0.25, 0.3) is 0 Å². The Labute approximate surface area is 230 Å². The Hall–Kier alpha value is -4.57. The van der Waals surface area contributed by atoms with Crippen molar-refractivity contribution in [1.29, 1.82) is 0 Å². The highest BCUT2D eigenvalue weighted by atomic mass is 32.2. The van der Waals surface area contributed by atoms with E-state index in [0.29, 0.717) is 45.3 Å². The highest BCUT2D eigenvalue weighted by Crippen LogP contribution is 2.38. The lowest BCUT2D eigenvalue weighted by atomic mass is 9.94. The molecule has 1 atom stereocenters. The van der Waals surface area contributed by atoms with Crippen LogP contribution >= 0.6 is 11.8 Å². The van der Waals surface area contributed by atoms with Crippen LogP contribution in [-0.2, 0) is 15.3 Å². The number of hydrogen-bond acceptors (Lipinski definition) is 7. The van der Waals surface area contributed by atoms with Crippen LogP contribution in [0.1, 0.15) is 31.0 Å². The summed E-state index contributed by atoms with van der Waals surface area (Å²) in [6.07, 6.45) is 0. The van der Waals surface area contributed by atoms with E-state index in [9.17, 15) is 9.59 Å². The summed E-state index contributed by atoms with van der Waals surface area (Å²) in [5, 5.41) is 14.4. The molecule has 0 bridgehead atoms. The van der Waals surface area contributed by atoms with E-state index in [1.807, 2.05) is 61.5 Å². The van der Waals surface area contributed by atoms with Crippen molar-refractivity contribution in [3.63, 3.8) is 0 Å². The van der Waals surface area contributed by atoms with Crippen LogP contribution in [0.4, 0.5) is 17.3 Å². The van der Waals surface area contributed by atoms with Gasteiger partial charge < -0.3 is 20.7 Å². The minimum Gasteiger partial charge on any atom is -0.495 e. The number of allylic oxidation sites excluding steroid dienone is 1. The summed E-state index contributed by atoms with van der Waals surface area (Å²) in [5.74, 6) is 1.38. The van der Waals surface area contributed by atoms with Crippen LogP contribution in [0, 0.1) is 0 Å². The number of aromatic nitrogens is 3. The molecule has 1 aromatic heterocycles. The zero-order valence-electron chi connectivity index (χ0n) is 21.8. The molecular weight excluding hydrogens is 512 g/mol. The molecule has 0 saturated heterocycles. The highest BCUT2D eigenvalue weighted by molar-refractivity contribution is 7.98. The van der Waals surface area contributed by atoms with Crippen molar-refractivity contribution < 1.29 is 14.3 Å². The van der Waals surface area contributed by atoms with Crippen LogP contribution in [0.15, 0.2) is 95.3 Å². The predicted molar refractivity (Wildman–Crippen MR) is 153 cm³/mol. The number of carbonyl (C=O) groups excluding carboxylic acids is 2. The van der Waals surface area contributed by atoms with Crippen LogP contribution in [0.5, 0.6) is 5.75 Å². The third-order valence-electron chi connectivity index (χ3n) is 6.19. The van der Waals surface area contributed by atoms with E-state index in [0.717, 1.165) is 5.56 Å². The van der Waals surface area contributed by atoms with Gasteiger partial charge in [-0.25, -0.2) is 4.68 Å². The van der Waals surface area contributed by atoms with Crippen molar-refractivity contribution in [3.8, 4) is 5.75 Å². The van der Waals surface area contributed by atoms with Gasteiger partial charge >= 0.3 is 0 Å². The summed E-state index contributed by atoms with van der Waals surface area (Å²) in [7, 11) is 1.56. The third-order valence-corrected chi connectivity index (χ3v) is 7.10. The van der Waals surface area contributed by atoms with Gasteiger partial charge in [0.25, 0.3) is 5.91 Å². The second kappa shape index (κ2) is 11.4. The standard InChI is InChI=1S/C29H28N6O3S/c1-18-25(27(37)32-23-11-7-8-12-24(23)38-3)26(21-13-15-22(16-14-21)31-19(2)36)35-28(30-18)33-29(34-35)39-17-20-9-5-4-6-10-20/h4-16,26H,17H2,1-3H3,(H,31,36)(H,32,37)(H,30,33,34).